The molecule has 3 aliphatic heterocycles. The topological polar surface area (TPSA) is 154 Å². The van der Waals surface area contributed by atoms with Crippen molar-refractivity contribution < 1.29 is 47.0 Å². The molecule has 3 saturated heterocycles. The van der Waals surface area contributed by atoms with E-state index in [1.54, 1.807) is 38.1 Å². The quantitative estimate of drug-likeness (QED) is 0.331. The van der Waals surface area contributed by atoms with E-state index in [0.717, 1.165) is 0 Å². The molecular formula is C33H39ClF3N5O7S. The minimum absolute atomic E-state index is 0. The van der Waals surface area contributed by atoms with E-state index in [9.17, 15) is 42.3 Å². The SMILES string of the molecule is CC(C)C(Oc1ccc(CN2CC(=O)N3CCN(C(=O)C4SCCN4C(=O)C[C@H](N)Cc4cc(F)c(F)cc4F)CC3C2=O)cc1)C(=O)O.Cl. The van der Waals surface area contributed by atoms with Crippen LogP contribution in [0.1, 0.15) is 31.4 Å². The lowest BCUT2D eigenvalue weighted by Crippen LogP contribution is -2.68. The molecular weight excluding hydrogens is 703 g/mol. The summed E-state index contributed by atoms with van der Waals surface area (Å²) in [5, 5.41) is 8.51. The van der Waals surface area contributed by atoms with Crippen molar-refractivity contribution in [1.29, 1.82) is 0 Å². The highest BCUT2D eigenvalue weighted by atomic mass is 35.5. The summed E-state index contributed by atoms with van der Waals surface area (Å²) in [7, 11) is 0. The van der Waals surface area contributed by atoms with Crippen molar-refractivity contribution in [3.8, 4) is 5.75 Å². The van der Waals surface area contributed by atoms with Gasteiger partial charge >= 0.3 is 5.97 Å². The second-order valence-electron chi connectivity index (χ2n) is 12.7. The van der Waals surface area contributed by atoms with Crippen LogP contribution in [0, 0.1) is 23.4 Å². The molecule has 3 N–H and O–H groups in total. The zero-order valence-electron chi connectivity index (χ0n) is 27.4. The van der Waals surface area contributed by atoms with Crippen molar-refractivity contribution in [2.75, 3.05) is 38.5 Å². The van der Waals surface area contributed by atoms with Crippen molar-refractivity contribution in [3.63, 3.8) is 0 Å². The Morgan fingerprint density at radius 1 is 1.02 bits per heavy atom. The summed E-state index contributed by atoms with van der Waals surface area (Å²) in [6, 6.07) is 5.92. The van der Waals surface area contributed by atoms with Gasteiger partial charge in [0.15, 0.2) is 23.1 Å². The van der Waals surface area contributed by atoms with Gasteiger partial charge in [-0.2, -0.15) is 0 Å². The minimum atomic E-state index is -1.33. The number of halogens is 4. The number of aliphatic carboxylic acids is 1. The number of hydrogen-bond donors (Lipinski definition) is 2. The van der Waals surface area contributed by atoms with E-state index in [1.807, 2.05) is 0 Å². The standard InChI is InChI=1S/C33H38F3N5O7S.ClH/c1-18(2)29(33(46)47)48-22-5-3-19(4-6-22)15-39-17-28(43)40-8-7-38(16-26(40)30(39)44)31(45)32-41(9-10-49-32)27(42)13-21(37)11-20-12-24(35)25(36)14-23(20)34;/h3-6,12,14,18,21,26,29,32H,7-11,13,15-17,37H2,1-2H3,(H,46,47);1H/t21-,26?,29?,32?;/m1./s1. The van der Waals surface area contributed by atoms with Crippen LogP contribution in [0.25, 0.3) is 0 Å². The number of carbonyl (C=O) groups excluding carboxylic acids is 4. The Bertz CT molecular complexity index is 1620. The fourth-order valence-corrected chi connectivity index (χ4v) is 7.40. The van der Waals surface area contributed by atoms with Crippen LogP contribution in [0.3, 0.4) is 0 Å². The first-order valence-corrected chi connectivity index (χ1v) is 16.9. The minimum Gasteiger partial charge on any atom is -0.478 e. The third-order valence-corrected chi connectivity index (χ3v) is 9.96. The fourth-order valence-electron chi connectivity index (χ4n) is 6.18. The Labute approximate surface area is 297 Å². The van der Waals surface area contributed by atoms with Crippen molar-refractivity contribution >= 4 is 53.8 Å². The molecule has 3 fully saturated rings. The smallest absolute Gasteiger partial charge is 0.345 e. The molecule has 0 bridgehead atoms. The second-order valence-corrected chi connectivity index (χ2v) is 13.9. The number of fused-ring (bicyclic) bond motifs is 1. The van der Waals surface area contributed by atoms with E-state index in [1.165, 1.54) is 31.4 Å². The van der Waals surface area contributed by atoms with E-state index < -0.39 is 52.9 Å². The maximum atomic E-state index is 14.1. The third-order valence-electron chi connectivity index (χ3n) is 8.77. The third kappa shape index (κ3) is 8.64. The number of carboxylic acids is 1. The predicted octanol–water partition coefficient (Wildman–Crippen LogP) is 2.26. The van der Waals surface area contributed by atoms with Crippen LogP contribution in [-0.4, -0.2) is 116 Å². The Kier molecular flexibility index (Phi) is 12.7. The van der Waals surface area contributed by atoms with Crippen molar-refractivity contribution in [2.24, 2.45) is 11.7 Å². The molecule has 3 heterocycles. The molecule has 4 atom stereocenters. The molecule has 17 heteroatoms. The summed E-state index contributed by atoms with van der Waals surface area (Å²) in [4.78, 5) is 70.8. The molecule has 2 aromatic carbocycles. The first-order valence-electron chi connectivity index (χ1n) is 15.9. The number of ether oxygens (including phenoxy) is 1. The number of nitrogens with two attached hydrogens (primary N) is 1. The summed E-state index contributed by atoms with van der Waals surface area (Å²) in [5.74, 6) is -5.45. The number of carbonyl (C=O) groups is 5. The van der Waals surface area contributed by atoms with Crippen LogP contribution in [0.4, 0.5) is 13.2 Å². The van der Waals surface area contributed by atoms with Gasteiger partial charge in [-0.1, -0.05) is 26.0 Å². The summed E-state index contributed by atoms with van der Waals surface area (Å²) >= 11 is 1.26. The summed E-state index contributed by atoms with van der Waals surface area (Å²) in [6.07, 6.45) is -1.50. The molecule has 0 aliphatic carbocycles. The number of piperazine rings is 2. The van der Waals surface area contributed by atoms with Crippen molar-refractivity contribution in [3.05, 3.63) is 65.0 Å². The lowest BCUT2D eigenvalue weighted by molar-refractivity contribution is -0.162. The van der Waals surface area contributed by atoms with Gasteiger partial charge in [-0.25, -0.2) is 18.0 Å². The summed E-state index contributed by atoms with van der Waals surface area (Å²) in [5.41, 5.74) is 6.61. The van der Waals surface area contributed by atoms with Crippen LogP contribution in [-0.2, 0) is 36.9 Å². The molecule has 4 amide bonds. The second kappa shape index (κ2) is 16.3. The van der Waals surface area contributed by atoms with Gasteiger partial charge in [0.25, 0.3) is 5.91 Å². The van der Waals surface area contributed by atoms with Crippen LogP contribution in [0.15, 0.2) is 36.4 Å². The maximum absolute atomic E-state index is 14.1. The summed E-state index contributed by atoms with van der Waals surface area (Å²) < 4.78 is 46.6. The maximum Gasteiger partial charge on any atom is 0.345 e. The molecule has 0 radical (unpaired) electrons. The Hall–Kier alpha value is -4.02. The zero-order valence-corrected chi connectivity index (χ0v) is 29.1. The fraction of sp³-hybridized carbons (Fsp3) is 0.485. The van der Waals surface area contributed by atoms with Gasteiger partial charge in [0, 0.05) is 56.4 Å². The van der Waals surface area contributed by atoms with Crippen LogP contribution >= 0.6 is 24.2 Å². The lowest BCUT2D eigenvalue weighted by atomic mass is 10.0. The molecule has 5 rings (SSSR count). The van der Waals surface area contributed by atoms with E-state index in [-0.39, 0.29) is 93.7 Å². The number of carboxylic acid groups (broad SMARTS) is 1. The van der Waals surface area contributed by atoms with Gasteiger partial charge in [0.05, 0.1) is 6.54 Å². The van der Waals surface area contributed by atoms with Gasteiger partial charge in [0.1, 0.15) is 24.2 Å². The molecule has 50 heavy (non-hydrogen) atoms. The van der Waals surface area contributed by atoms with Gasteiger partial charge in [0.2, 0.25) is 17.7 Å². The zero-order chi connectivity index (χ0) is 35.6. The van der Waals surface area contributed by atoms with E-state index >= 15 is 0 Å². The van der Waals surface area contributed by atoms with E-state index in [4.69, 9.17) is 10.5 Å². The largest absolute Gasteiger partial charge is 0.478 e. The average Bonchev–Trinajstić information content (AvgIpc) is 3.55. The van der Waals surface area contributed by atoms with Gasteiger partial charge < -0.3 is 35.2 Å². The van der Waals surface area contributed by atoms with Crippen LogP contribution < -0.4 is 10.5 Å². The predicted molar refractivity (Wildman–Crippen MR) is 179 cm³/mol. The van der Waals surface area contributed by atoms with E-state index in [0.29, 0.717) is 29.2 Å². The van der Waals surface area contributed by atoms with Gasteiger partial charge in [-0.05, 0) is 35.7 Å². The lowest BCUT2D eigenvalue weighted by Gasteiger charge is -2.46. The number of thioether (sulfide) groups is 1. The Balaban J connectivity index is 0.00000562. The average molecular weight is 742 g/mol. The molecule has 2 aromatic rings. The number of benzene rings is 2. The molecule has 0 saturated carbocycles. The van der Waals surface area contributed by atoms with Crippen molar-refractivity contribution in [2.45, 2.75) is 56.8 Å². The van der Waals surface area contributed by atoms with E-state index in [2.05, 4.69) is 0 Å². The molecule has 0 spiro atoms. The van der Waals surface area contributed by atoms with Gasteiger partial charge in [-0.3, -0.25) is 19.2 Å². The van der Waals surface area contributed by atoms with Crippen LogP contribution in [0.5, 0.6) is 5.75 Å². The monoisotopic (exact) mass is 741 g/mol. The highest BCUT2D eigenvalue weighted by Crippen LogP contribution is 2.29. The number of amides is 4. The first-order chi connectivity index (χ1) is 23.2. The number of nitrogens with zero attached hydrogens (tertiary/aromatic N) is 4. The highest BCUT2D eigenvalue weighted by molar-refractivity contribution is 8.00. The highest BCUT2D eigenvalue weighted by Gasteiger charge is 2.46. The molecule has 3 unspecified atom stereocenters. The Morgan fingerprint density at radius 2 is 1.70 bits per heavy atom. The number of hydrogen-bond acceptors (Lipinski definition) is 8. The van der Waals surface area contributed by atoms with Crippen molar-refractivity contribution in [1.82, 2.24) is 19.6 Å². The number of rotatable bonds is 11. The van der Waals surface area contributed by atoms with Gasteiger partial charge in [-0.15, -0.1) is 24.2 Å². The molecule has 0 aromatic heterocycles. The molecule has 3 aliphatic rings. The van der Waals surface area contributed by atoms with Crippen LogP contribution in [0.2, 0.25) is 0 Å². The Morgan fingerprint density at radius 3 is 2.36 bits per heavy atom. The summed E-state index contributed by atoms with van der Waals surface area (Å²) in [6.45, 7) is 4.00. The molecule has 12 nitrogen and oxygen atoms in total. The first kappa shape index (κ1) is 38.8. The molecule has 272 valence electrons. The normalized spacial score (nSPS) is 20.4.